The van der Waals surface area contributed by atoms with Crippen molar-refractivity contribution in [2.75, 3.05) is 5.32 Å². The molecule has 0 aliphatic rings. The molecule has 1 aromatic rings. The predicted octanol–water partition coefficient (Wildman–Crippen LogP) is 4.41. The zero-order valence-corrected chi connectivity index (χ0v) is 10.6. The standard InChI is InChI=1S/C10H9BrF5NO/c1-5(9(12)13)17-6-2-3-8(7(11)4-6)18-10(14,15)16/h2-5,9,17H,1H3. The number of rotatable bonds is 4. The van der Waals surface area contributed by atoms with E-state index in [4.69, 9.17) is 0 Å². The number of ether oxygens (including phenoxy) is 1. The van der Waals surface area contributed by atoms with Gasteiger partial charge in [0.2, 0.25) is 0 Å². The SMILES string of the molecule is CC(Nc1ccc(OC(F)(F)F)c(Br)c1)C(F)F. The lowest BCUT2D eigenvalue weighted by Gasteiger charge is -2.16. The molecule has 0 saturated heterocycles. The van der Waals surface area contributed by atoms with Crippen molar-refractivity contribution in [1.29, 1.82) is 0 Å². The third-order valence-corrected chi connectivity index (χ3v) is 2.55. The number of benzene rings is 1. The molecule has 102 valence electrons. The van der Waals surface area contributed by atoms with Crippen LogP contribution in [0.5, 0.6) is 5.75 Å². The number of alkyl halides is 5. The highest BCUT2D eigenvalue weighted by Gasteiger charge is 2.32. The monoisotopic (exact) mass is 333 g/mol. The molecule has 0 saturated carbocycles. The molecule has 1 N–H and O–H groups in total. The van der Waals surface area contributed by atoms with Gasteiger partial charge in [-0.2, -0.15) is 0 Å². The lowest BCUT2D eigenvalue weighted by molar-refractivity contribution is -0.274. The van der Waals surface area contributed by atoms with Crippen LogP contribution in [0.3, 0.4) is 0 Å². The van der Waals surface area contributed by atoms with Crippen molar-refractivity contribution in [2.45, 2.75) is 25.8 Å². The van der Waals surface area contributed by atoms with Gasteiger partial charge in [-0.3, -0.25) is 0 Å². The Morgan fingerprint density at radius 2 is 1.89 bits per heavy atom. The first-order valence-corrected chi connectivity index (χ1v) is 5.58. The lowest BCUT2D eigenvalue weighted by Crippen LogP contribution is -2.23. The molecular weight excluding hydrogens is 325 g/mol. The van der Waals surface area contributed by atoms with Crippen LogP contribution >= 0.6 is 15.9 Å². The van der Waals surface area contributed by atoms with Crippen LogP contribution in [0.2, 0.25) is 0 Å². The molecule has 0 aromatic heterocycles. The highest BCUT2D eigenvalue weighted by molar-refractivity contribution is 9.10. The zero-order valence-electron chi connectivity index (χ0n) is 9.06. The molecule has 0 amide bonds. The molecule has 8 heteroatoms. The maximum atomic E-state index is 12.3. The van der Waals surface area contributed by atoms with Crippen molar-refractivity contribution in [2.24, 2.45) is 0 Å². The van der Waals surface area contributed by atoms with Gasteiger partial charge in [0.1, 0.15) is 5.75 Å². The fourth-order valence-electron chi connectivity index (χ4n) is 1.12. The lowest BCUT2D eigenvalue weighted by atomic mass is 10.2. The molecule has 1 unspecified atom stereocenters. The van der Waals surface area contributed by atoms with Crippen LogP contribution in [0.25, 0.3) is 0 Å². The summed E-state index contributed by atoms with van der Waals surface area (Å²) in [5.74, 6) is -0.433. The van der Waals surface area contributed by atoms with Gasteiger partial charge in [0.15, 0.2) is 0 Å². The van der Waals surface area contributed by atoms with Crippen molar-refractivity contribution >= 4 is 21.6 Å². The zero-order chi connectivity index (χ0) is 13.9. The molecule has 0 radical (unpaired) electrons. The van der Waals surface area contributed by atoms with Crippen LogP contribution in [-0.4, -0.2) is 18.8 Å². The summed E-state index contributed by atoms with van der Waals surface area (Å²) in [4.78, 5) is 0. The van der Waals surface area contributed by atoms with Crippen LogP contribution in [0.15, 0.2) is 22.7 Å². The third kappa shape index (κ3) is 4.67. The summed E-state index contributed by atoms with van der Waals surface area (Å²) in [5, 5.41) is 2.46. The maximum Gasteiger partial charge on any atom is 0.573 e. The summed E-state index contributed by atoms with van der Waals surface area (Å²) >= 11 is 2.87. The van der Waals surface area contributed by atoms with E-state index < -0.39 is 24.6 Å². The van der Waals surface area contributed by atoms with Crippen LogP contribution in [0.4, 0.5) is 27.6 Å². The predicted molar refractivity (Wildman–Crippen MR) is 59.9 cm³/mol. The van der Waals surface area contributed by atoms with Gasteiger partial charge in [-0.15, -0.1) is 13.2 Å². The van der Waals surface area contributed by atoms with E-state index in [0.717, 1.165) is 6.07 Å². The largest absolute Gasteiger partial charge is 0.573 e. The van der Waals surface area contributed by atoms with Gasteiger partial charge in [0, 0.05) is 5.69 Å². The number of hydrogen-bond acceptors (Lipinski definition) is 2. The highest BCUT2D eigenvalue weighted by Crippen LogP contribution is 2.32. The van der Waals surface area contributed by atoms with Crippen molar-refractivity contribution in [3.05, 3.63) is 22.7 Å². The molecule has 1 aromatic carbocycles. The van der Waals surface area contributed by atoms with Gasteiger partial charge in [-0.05, 0) is 41.1 Å². The van der Waals surface area contributed by atoms with E-state index in [1.165, 1.54) is 19.1 Å². The first-order valence-electron chi connectivity index (χ1n) is 4.79. The van der Waals surface area contributed by atoms with E-state index in [-0.39, 0.29) is 10.2 Å². The van der Waals surface area contributed by atoms with Crippen LogP contribution in [-0.2, 0) is 0 Å². The number of nitrogens with one attached hydrogen (secondary N) is 1. The quantitative estimate of drug-likeness (QED) is 0.824. The molecule has 0 aliphatic heterocycles. The molecule has 0 bridgehead atoms. The van der Waals surface area contributed by atoms with E-state index in [9.17, 15) is 22.0 Å². The first-order chi connectivity index (χ1) is 8.19. The van der Waals surface area contributed by atoms with E-state index >= 15 is 0 Å². The molecule has 0 aliphatic carbocycles. The summed E-state index contributed by atoms with van der Waals surface area (Å²) in [5.41, 5.74) is 0.268. The second-order valence-electron chi connectivity index (χ2n) is 3.46. The number of hydrogen-bond donors (Lipinski definition) is 1. The average Bonchev–Trinajstić information content (AvgIpc) is 2.20. The highest BCUT2D eigenvalue weighted by atomic mass is 79.9. The summed E-state index contributed by atoms with van der Waals surface area (Å²) in [7, 11) is 0. The van der Waals surface area contributed by atoms with Crippen LogP contribution in [0.1, 0.15) is 6.92 Å². The van der Waals surface area contributed by atoms with Crippen LogP contribution in [0, 0.1) is 0 Å². The van der Waals surface area contributed by atoms with Gasteiger partial charge in [0.05, 0.1) is 10.5 Å². The van der Waals surface area contributed by atoms with Gasteiger partial charge in [-0.1, -0.05) is 0 Å². The minimum Gasteiger partial charge on any atom is -0.405 e. The summed E-state index contributed by atoms with van der Waals surface area (Å²) in [6.07, 6.45) is -7.37. The minimum atomic E-state index is -4.80. The van der Waals surface area contributed by atoms with E-state index in [0.29, 0.717) is 0 Å². The van der Waals surface area contributed by atoms with Gasteiger partial charge in [0.25, 0.3) is 6.43 Å². The molecule has 0 fully saturated rings. The summed E-state index contributed by atoms with van der Waals surface area (Å²) in [6, 6.07) is 2.40. The fraction of sp³-hybridized carbons (Fsp3) is 0.400. The Bertz CT molecular complexity index is 410. The molecule has 1 atom stereocenters. The Hall–Kier alpha value is -1.05. The maximum absolute atomic E-state index is 12.3. The topological polar surface area (TPSA) is 21.3 Å². The Morgan fingerprint density at radius 3 is 2.33 bits per heavy atom. The third-order valence-electron chi connectivity index (χ3n) is 1.93. The second kappa shape index (κ2) is 5.73. The van der Waals surface area contributed by atoms with Gasteiger partial charge >= 0.3 is 6.36 Å². The van der Waals surface area contributed by atoms with Gasteiger partial charge < -0.3 is 10.1 Å². The Morgan fingerprint density at radius 1 is 1.28 bits per heavy atom. The molecule has 0 spiro atoms. The molecule has 2 nitrogen and oxygen atoms in total. The Balaban J connectivity index is 2.79. The van der Waals surface area contributed by atoms with Crippen LogP contribution < -0.4 is 10.1 Å². The summed E-state index contributed by atoms with van der Waals surface area (Å²) in [6.45, 7) is 1.26. The fourth-order valence-corrected chi connectivity index (χ4v) is 1.58. The molecule has 18 heavy (non-hydrogen) atoms. The summed E-state index contributed by atoms with van der Waals surface area (Å²) < 4.78 is 64.2. The van der Waals surface area contributed by atoms with Crippen molar-refractivity contribution in [3.63, 3.8) is 0 Å². The Labute approximate surface area is 108 Å². The molecule has 1 rings (SSSR count). The van der Waals surface area contributed by atoms with E-state index in [1.54, 1.807) is 0 Å². The van der Waals surface area contributed by atoms with Crippen molar-refractivity contribution in [3.8, 4) is 5.75 Å². The molecule has 0 heterocycles. The number of halogens is 6. The van der Waals surface area contributed by atoms with Crippen molar-refractivity contribution in [1.82, 2.24) is 0 Å². The minimum absolute atomic E-state index is 0.0197. The van der Waals surface area contributed by atoms with Crippen molar-refractivity contribution < 1.29 is 26.7 Å². The molecular formula is C10H9BrF5NO. The second-order valence-corrected chi connectivity index (χ2v) is 4.31. The smallest absolute Gasteiger partial charge is 0.405 e. The average molecular weight is 334 g/mol. The van der Waals surface area contributed by atoms with E-state index in [1.807, 2.05) is 0 Å². The first kappa shape index (κ1) is 15.0. The number of anilines is 1. The van der Waals surface area contributed by atoms with E-state index in [2.05, 4.69) is 26.0 Å². The normalized spacial score (nSPS) is 13.6. The van der Waals surface area contributed by atoms with Gasteiger partial charge in [-0.25, -0.2) is 8.78 Å². The Kier molecular flexibility index (Phi) is 4.78.